The molecule has 3 aromatic rings. The predicted octanol–water partition coefficient (Wildman–Crippen LogP) is 3.73. The molecule has 1 aromatic heterocycles. The van der Waals surface area contributed by atoms with Crippen LogP contribution in [0.3, 0.4) is 0 Å². The minimum Gasteiger partial charge on any atom is -0.462 e. The van der Waals surface area contributed by atoms with E-state index >= 15 is 0 Å². The van der Waals surface area contributed by atoms with Gasteiger partial charge in [0.05, 0.1) is 5.69 Å². The van der Waals surface area contributed by atoms with E-state index in [9.17, 15) is 4.79 Å². The first-order valence-electron chi connectivity index (χ1n) is 13.6. The first-order chi connectivity index (χ1) is 18.5. The van der Waals surface area contributed by atoms with Crippen LogP contribution in [0.25, 0.3) is 10.8 Å². The van der Waals surface area contributed by atoms with E-state index in [1.165, 1.54) is 34.5 Å². The lowest BCUT2D eigenvalue weighted by atomic mass is 10.0. The molecule has 38 heavy (non-hydrogen) atoms. The van der Waals surface area contributed by atoms with Crippen molar-refractivity contribution in [3.63, 3.8) is 0 Å². The predicted molar refractivity (Wildman–Crippen MR) is 153 cm³/mol. The van der Waals surface area contributed by atoms with Crippen molar-refractivity contribution < 1.29 is 9.53 Å². The second-order valence-corrected chi connectivity index (χ2v) is 10.2. The van der Waals surface area contributed by atoms with Gasteiger partial charge in [-0.25, -0.2) is 0 Å². The Labute approximate surface area is 225 Å². The van der Waals surface area contributed by atoms with Crippen LogP contribution in [0, 0.1) is 6.92 Å². The van der Waals surface area contributed by atoms with Gasteiger partial charge in [0.1, 0.15) is 12.4 Å². The number of likely N-dealkylation sites (tertiary alicyclic amines) is 1. The SMILES string of the molecule is C=CC(=O)NCCNc1nc(OC[C@@H]2CCCN2C)nc2c1CCN(c1cccc3cccc(C)c13)CC2. The Kier molecular flexibility index (Phi) is 8.08. The zero-order valence-corrected chi connectivity index (χ0v) is 22.5. The van der Waals surface area contributed by atoms with E-state index in [0.717, 1.165) is 56.0 Å². The summed E-state index contributed by atoms with van der Waals surface area (Å²) in [6.45, 7) is 10.2. The van der Waals surface area contributed by atoms with Crippen LogP contribution < -0.4 is 20.3 Å². The molecule has 2 N–H and O–H groups in total. The number of carbonyl (C=O) groups excluding carboxylic acids is 1. The highest BCUT2D eigenvalue weighted by Gasteiger charge is 2.24. The lowest BCUT2D eigenvalue weighted by Crippen LogP contribution is -2.31. The molecule has 5 rings (SSSR count). The number of carbonyl (C=O) groups is 1. The number of hydrogen-bond acceptors (Lipinski definition) is 7. The number of benzene rings is 2. The number of aromatic nitrogens is 2. The Morgan fingerprint density at radius 2 is 1.95 bits per heavy atom. The molecule has 8 nitrogen and oxygen atoms in total. The summed E-state index contributed by atoms with van der Waals surface area (Å²) < 4.78 is 6.15. The Balaban J connectivity index is 1.38. The minimum atomic E-state index is -0.181. The molecular weight excluding hydrogens is 476 g/mol. The average molecular weight is 515 g/mol. The molecule has 0 radical (unpaired) electrons. The number of fused-ring (bicyclic) bond motifs is 2. The van der Waals surface area contributed by atoms with E-state index in [0.29, 0.717) is 31.7 Å². The van der Waals surface area contributed by atoms with Gasteiger partial charge >= 0.3 is 6.01 Å². The number of nitrogens with one attached hydrogen (secondary N) is 2. The number of rotatable bonds is 9. The maximum atomic E-state index is 11.6. The standard InChI is InChI=1S/C30H38N6O2/c1-4-27(37)31-15-16-32-29-24-13-18-36(26-12-6-10-22-9-5-8-21(2)28(22)26)19-14-25(24)33-30(34-29)38-20-23-11-7-17-35(23)3/h4-6,8-10,12,23H,1,7,11,13-20H2,2-3H3,(H,31,37)(H,32,33,34)/t23-/m0/s1. The summed E-state index contributed by atoms with van der Waals surface area (Å²) in [6.07, 6.45) is 5.25. The van der Waals surface area contributed by atoms with E-state index in [2.05, 4.69) is 77.4 Å². The molecule has 3 heterocycles. The fraction of sp³-hybridized carbons (Fsp3) is 0.433. The fourth-order valence-corrected chi connectivity index (χ4v) is 5.60. The second-order valence-electron chi connectivity index (χ2n) is 10.2. The number of likely N-dealkylation sites (N-methyl/N-ethyl adjacent to an activating group) is 1. The molecule has 200 valence electrons. The molecule has 1 amide bonds. The van der Waals surface area contributed by atoms with E-state index < -0.39 is 0 Å². The third-order valence-electron chi connectivity index (χ3n) is 7.73. The maximum Gasteiger partial charge on any atom is 0.318 e. The summed E-state index contributed by atoms with van der Waals surface area (Å²) in [5.74, 6) is 0.618. The summed E-state index contributed by atoms with van der Waals surface area (Å²) in [5.41, 5.74) is 4.72. The van der Waals surface area contributed by atoms with Gasteiger partial charge < -0.3 is 25.2 Å². The molecule has 0 bridgehead atoms. The number of ether oxygens (including phenoxy) is 1. The third-order valence-corrected chi connectivity index (χ3v) is 7.73. The summed E-state index contributed by atoms with van der Waals surface area (Å²) in [7, 11) is 2.15. The van der Waals surface area contributed by atoms with Crippen LogP contribution in [-0.2, 0) is 17.6 Å². The Morgan fingerprint density at radius 1 is 1.13 bits per heavy atom. The fourth-order valence-electron chi connectivity index (χ4n) is 5.60. The maximum absolute atomic E-state index is 11.6. The van der Waals surface area contributed by atoms with Gasteiger partial charge in [-0.05, 0) is 62.9 Å². The zero-order chi connectivity index (χ0) is 26.5. The van der Waals surface area contributed by atoms with Gasteiger partial charge in [-0.15, -0.1) is 0 Å². The Morgan fingerprint density at radius 3 is 2.74 bits per heavy atom. The molecule has 0 aliphatic carbocycles. The van der Waals surface area contributed by atoms with Gasteiger partial charge in [0.2, 0.25) is 5.91 Å². The normalized spacial score (nSPS) is 17.6. The van der Waals surface area contributed by atoms with Crippen molar-refractivity contribution in [3.05, 3.63) is 65.9 Å². The van der Waals surface area contributed by atoms with Crippen LogP contribution in [0.4, 0.5) is 11.5 Å². The monoisotopic (exact) mass is 514 g/mol. The molecule has 2 aliphatic heterocycles. The minimum absolute atomic E-state index is 0.181. The van der Waals surface area contributed by atoms with Gasteiger partial charge in [-0.3, -0.25) is 4.79 Å². The molecular formula is C30H38N6O2. The largest absolute Gasteiger partial charge is 0.462 e. The van der Waals surface area contributed by atoms with Crippen molar-refractivity contribution in [2.75, 3.05) is 56.6 Å². The van der Waals surface area contributed by atoms with Crippen LogP contribution >= 0.6 is 0 Å². The van der Waals surface area contributed by atoms with Crippen molar-refractivity contribution in [1.82, 2.24) is 20.2 Å². The van der Waals surface area contributed by atoms with Crippen LogP contribution in [0.5, 0.6) is 6.01 Å². The smallest absolute Gasteiger partial charge is 0.318 e. The molecule has 0 saturated carbocycles. The number of nitrogens with zero attached hydrogens (tertiary/aromatic N) is 4. The highest BCUT2D eigenvalue weighted by atomic mass is 16.5. The number of anilines is 2. The highest BCUT2D eigenvalue weighted by molar-refractivity contribution is 5.97. The molecule has 1 saturated heterocycles. The van der Waals surface area contributed by atoms with Crippen LogP contribution in [0.1, 0.15) is 29.7 Å². The zero-order valence-electron chi connectivity index (χ0n) is 22.5. The molecule has 8 heteroatoms. The van der Waals surface area contributed by atoms with Gasteiger partial charge in [-0.2, -0.15) is 9.97 Å². The van der Waals surface area contributed by atoms with E-state index in [1.54, 1.807) is 0 Å². The summed E-state index contributed by atoms with van der Waals surface area (Å²) in [5, 5.41) is 8.84. The number of aryl methyl sites for hydroxylation is 1. The summed E-state index contributed by atoms with van der Waals surface area (Å²) in [4.78, 5) is 26.1. The average Bonchev–Trinajstić information content (AvgIpc) is 3.22. The van der Waals surface area contributed by atoms with Crippen molar-refractivity contribution in [3.8, 4) is 6.01 Å². The van der Waals surface area contributed by atoms with E-state index in [4.69, 9.17) is 14.7 Å². The summed E-state index contributed by atoms with van der Waals surface area (Å²) >= 11 is 0. The van der Waals surface area contributed by atoms with Crippen molar-refractivity contribution >= 4 is 28.2 Å². The Bertz CT molecular complexity index is 1300. The van der Waals surface area contributed by atoms with Crippen molar-refractivity contribution in [2.45, 2.75) is 38.6 Å². The summed E-state index contributed by atoms with van der Waals surface area (Å²) in [6, 6.07) is 13.9. The first-order valence-corrected chi connectivity index (χ1v) is 13.6. The third kappa shape index (κ3) is 5.75. The first kappa shape index (κ1) is 26.0. The lowest BCUT2D eigenvalue weighted by Gasteiger charge is -2.25. The molecule has 1 atom stereocenters. The van der Waals surface area contributed by atoms with Crippen molar-refractivity contribution in [2.24, 2.45) is 0 Å². The van der Waals surface area contributed by atoms with Gasteiger partial charge in [0, 0.05) is 55.3 Å². The molecule has 2 aromatic carbocycles. The topological polar surface area (TPSA) is 82.6 Å². The van der Waals surface area contributed by atoms with E-state index in [1.807, 2.05) is 0 Å². The lowest BCUT2D eigenvalue weighted by molar-refractivity contribution is -0.116. The van der Waals surface area contributed by atoms with Gasteiger partial charge in [0.25, 0.3) is 0 Å². The molecule has 0 spiro atoms. The van der Waals surface area contributed by atoms with E-state index in [-0.39, 0.29) is 5.91 Å². The van der Waals surface area contributed by atoms with Gasteiger partial charge in [-0.1, -0.05) is 36.9 Å². The number of amides is 1. The van der Waals surface area contributed by atoms with Crippen LogP contribution in [0.15, 0.2) is 49.1 Å². The number of hydrogen-bond donors (Lipinski definition) is 2. The molecule has 2 aliphatic rings. The van der Waals surface area contributed by atoms with Crippen LogP contribution in [0.2, 0.25) is 0 Å². The second kappa shape index (κ2) is 11.8. The highest BCUT2D eigenvalue weighted by Crippen LogP contribution is 2.32. The van der Waals surface area contributed by atoms with Gasteiger partial charge in [0.15, 0.2) is 0 Å². The van der Waals surface area contributed by atoms with Crippen LogP contribution in [-0.4, -0.2) is 73.2 Å². The van der Waals surface area contributed by atoms with Crippen molar-refractivity contribution in [1.29, 1.82) is 0 Å². The molecule has 1 fully saturated rings. The molecule has 0 unspecified atom stereocenters. The quantitative estimate of drug-likeness (QED) is 0.333. The Hall–Kier alpha value is -3.65.